The minimum absolute atomic E-state index is 0.0975. The topological polar surface area (TPSA) is 80.8 Å². The number of aromatic nitrogens is 3. The van der Waals surface area contributed by atoms with Gasteiger partial charge in [-0.2, -0.15) is 15.2 Å². The Kier molecular flexibility index (Phi) is 4.31. The summed E-state index contributed by atoms with van der Waals surface area (Å²) in [7, 11) is 1.66. The van der Waals surface area contributed by atoms with Crippen LogP contribution in [-0.4, -0.2) is 14.5 Å². The van der Waals surface area contributed by atoms with Crippen molar-refractivity contribution in [3.8, 4) is 29.1 Å². The van der Waals surface area contributed by atoms with Crippen LogP contribution in [0.2, 0.25) is 0 Å². The molecule has 3 rings (SSSR count). The number of para-hydroxylation sites is 1. The largest absolute Gasteiger partial charge is 0.424 e. The summed E-state index contributed by atoms with van der Waals surface area (Å²) in [5.74, 6) is 0.670. The average molecular weight is 332 g/mol. The molecule has 0 bridgehead atoms. The van der Waals surface area contributed by atoms with Crippen LogP contribution in [0.15, 0.2) is 47.4 Å². The third kappa shape index (κ3) is 3.40. The Balaban J connectivity index is 2.08. The maximum absolute atomic E-state index is 11.6. The molecule has 0 spiro atoms. The Hall–Kier alpha value is -3.46. The number of hydrogen-bond acceptors (Lipinski definition) is 5. The maximum Gasteiger partial charge on any atom is 0.323 e. The number of benzene rings is 1. The smallest absolute Gasteiger partial charge is 0.323 e. The second kappa shape index (κ2) is 6.57. The van der Waals surface area contributed by atoms with Gasteiger partial charge in [-0.05, 0) is 31.0 Å². The molecular formula is C19H16N4O2. The van der Waals surface area contributed by atoms with Gasteiger partial charge in [0.25, 0.3) is 0 Å². The Morgan fingerprint density at radius 2 is 1.84 bits per heavy atom. The van der Waals surface area contributed by atoms with E-state index in [9.17, 15) is 10.1 Å². The van der Waals surface area contributed by atoms with Crippen LogP contribution in [-0.2, 0) is 7.05 Å². The number of hydrogen-bond donors (Lipinski definition) is 0. The van der Waals surface area contributed by atoms with Crippen molar-refractivity contribution in [2.75, 3.05) is 0 Å². The Morgan fingerprint density at radius 1 is 1.12 bits per heavy atom. The molecule has 0 radical (unpaired) electrons. The zero-order valence-electron chi connectivity index (χ0n) is 14.1. The molecule has 3 aromatic rings. The van der Waals surface area contributed by atoms with Gasteiger partial charge < -0.3 is 9.30 Å². The minimum Gasteiger partial charge on any atom is -0.424 e. The summed E-state index contributed by atoms with van der Waals surface area (Å²) >= 11 is 0. The molecule has 0 amide bonds. The summed E-state index contributed by atoms with van der Waals surface area (Å²) < 4.78 is 7.31. The third-order valence-electron chi connectivity index (χ3n) is 3.80. The second-order valence-electron chi connectivity index (χ2n) is 5.72. The number of ether oxygens (including phenoxy) is 1. The van der Waals surface area contributed by atoms with Gasteiger partial charge in [0.1, 0.15) is 17.5 Å². The van der Waals surface area contributed by atoms with Crippen molar-refractivity contribution in [3.05, 3.63) is 69.8 Å². The number of pyridine rings is 1. The number of aryl methyl sites for hydroxylation is 3. The van der Waals surface area contributed by atoms with E-state index in [1.54, 1.807) is 25.4 Å². The minimum atomic E-state index is -0.120. The third-order valence-corrected chi connectivity index (χ3v) is 3.80. The van der Waals surface area contributed by atoms with Crippen molar-refractivity contribution in [1.82, 2.24) is 14.5 Å². The first kappa shape index (κ1) is 16.4. The number of nitrogens with zero attached hydrogens (tertiary/aromatic N) is 4. The van der Waals surface area contributed by atoms with E-state index in [0.717, 1.165) is 11.1 Å². The zero-order chi connectivity index (χ0) is 18.0. The molecule has 0 N–H and O–H groups in total. The van der Waals surface area contributed by atoms with Gasteiger partial charge in [0, 0.05) is 30.9 Å². The van der Waals surface area contributed by atoms with Crippen molar-refractivity contribution in [2.24, 2.45) is 7.05 Å². The van der Waals surface area contributed by atoms with Gasteiger partial charge in [0.15, 0.2) is 0 Å². The van der Waals surface area contributed by atoms with E-state index in [4.69, 9.17) is 4.74 Å². The molecule has 0 saturated carbocycles. The van der Waals surface area contributed by atoms with Crippen molar-refractivity contribution >= 4 is 0 Å². The highest BCUT2D eigenvalue weighted by molar-refractivity contribution is 5.59. The fraction of sp³-hybridized carbons (Fsp3) is 0.158. The standard InChI is InChI=1S/C19H16N4O2/c1-12-5-4-6-13(2)18(12)25-19-21-15(10-20)9-16(22-19)14-7-8-17(24)23(3)11-14/h4-9,11H,1-3H3. The van der Waals surface area contributed by atoms with Gasteiger partial charge in [0.05, 0.1) is 5.69 Å². The lowest BCUT2D eigenvalue weighted by atomic mass is 10.1. The summed E-state index contributed by atoms with van der Waals surface area (Å²) in [6.07, 6.45) is 1.66. The Bertz CT molecular complexity index is 1030. The van der Waals surface area contributed by atoms with Gasteiger partial charge in [0.2, 0.25) is 5.56 Å². The molecular weight excluding hydrogens is 316 g/mol. The summed E-state index contributed by atoms with van der Waals surface area (Å²) in [6, 6.07) is 12.6. The summed E-state index contributed by atoms with van der Waals surface area (Å²) in [4.78, 5) is 20.1. The molecule has 2 heterocycles. The van der Waals surface area contributed by atoms with Gasteiger partial charge >= 0.3 is 6.01 Å². The average Bonchev–Trinajstić information content (AvgIpc) is 2.60. The van der Waals surface area contributed by atoms with E-state index in [1.165, 1.54) is 10.6 Å². The fourth-order valence-corrected chi connectivity index (χ4v) is 2.47. The van der Waals surface area contributed by atoms with Crippen LogP contribution in [0, 0.1) is 25.2 Å². The molecule has 0 aliphatic carbocycles. The van der Waals surface area contributed by atoms with Gasteiger partial charge in [-0.15, -0.1) is 0 Å². The van der Waals surface area contributed by atoms with E-state index in [1.807, 2.05) is 38.1 Å². The molecule has 0 atom stereocenters. The van der Waals surface area contributed by atoms with Crippen LogP contribution in [0.25, 0.3) is 11.3 Å². The molecule has 0 saturated heterocycles. The van der Waals surface area contributed by atoms with E-state index >= 15 is 0 Å². The Labute approximate surface area is 145 Å². The zero-order valence-corrected chi connectivity index (χ0v) is 14.1. The van der Waals surface area contributed by atoms with Crippen LogP contribution in [0.5, 0.6) is 11.8 Å². The Morgan fingerprint density at radius 3 is 2.48 bits per heavy atom. The highest BCUT2D eigenvalue weighted by Crippen LogP contribution is 2.28. The van der Waals surface area contributed by atoms with E-state index in [2.05, 4.69) is 9.97 Å². The van der Waals surface area contributed by atoms with Crippen LogP contribution in [0.1, 0.15) is 16.8 Å². The quantitative estimate of drug-likeness (QED) is 0.736. The molecule has 124 valence electrons. The molecule has 0 unspecified atom stereocenters. The van der Waals surface area contributed by atoms with Crippen molar-refractivity contribution in [1.29, 1.82) is 5.26 Å². The molecule has 6 heteroatoms. The highest BCUT2D eigenvalue weighted by atomic mass is 16.5. The first-order chi connectivity index (χ1) is 12.0. The van der Waals surface area contributed by atoms with E-state index < -0.39 is 0 Å². The summed E-state index contributed by atoms with van der Waals surface area (Å²) in [5.41, 5.74) is 3.20. The van der Waals surface area contributed by atoms with Crippen molar-refractivity contribution < 1.29 is 4.74 Å². The molecule has 0 fully saturated rings. The predicted octanol–water partition coefficient (Wildman–Crippen LogP) is 3.12. The fourth-order valence-electron chi connectivity index (χ4n) is 2.47. The lowest BCUT2D eigenvalue weighted by molar-refractivity contribution is 0.435. The van der Waals surface area contributed by atoms with Gasteiger partial charge in [-0.1, -0.05) is 18.2 Å². The lowest BCUT2D eigenvalue weighted by Gasteiger charge is -2.11. The van der Waals surface area contributed by atoms with Crippen LogP contribution in [0.3, 0.4) is 0 Å². The molecule has 25 heavy (non-hydrogen) atoms. The first-order valence-corrected chi connectivity index (χ1v) is 7.68. The molecule has 1 aromatic carbocycles. The van der Waals surface area contributed by atoms with Crippen LogP contribution in [0.4, 0.5) is 0 Å². The van der Waals surface area contributed by atoms with Crippen LogP contribution < -0.4 is 10.3 Å². The number of rotatable bonds is 3. The number of nitriles is 1. The molecule has 0 aliphatic rings. The second-order valence-corrected chi connectivity index (χ2v) is 5.72. The summed E-state index contributed by atoms with van der Waals surface area (Å²) in [6.45, 7) is 3.87. The first-order valence-electron chi connectivity index (χ1n) is 7.68. The van der Waals surface area contributed by atoms with E-state index in [0.29, 0.717) is 17.0 Å². The predicted molar refractivity (Wildman–Crippen MR) is 93.4 cm³/mol. The van der Waals surface area contributed by atoms with Crippen molar-refractivity contribution in [3.63, 3.8) is 0 Å². The normalized spacial score (nSPS) is 10.3. The molecule has 2 aromatic heterocycles. The SMILES string of the molecule is Cc1cccc(C)c1Oc1nc(C#N)cc(-c2ccc(=O)n(C)c2)n1. The van der Waals surface area contributed by atoms with Crippen LogP contribution >= 0.6 is 0 Å². The lowest BCUT2D eigenvalue weighted by Crippen LogP contribution is -2.14. The summed E-state index contributed by atoms with van der Waals surface area (Å²) in [5, 5.41) is 9.26. The van der Waals surface area contributed by atoms with Gasteiger partial charge in [-0.3, -0.25) is 4.79 Å². The maximum atomic E-state index is 11.6. The van der Waals surface area contributed by atoms with E-state index in [-0.39, 0.29) is 17.3 Å². The molecule has 6 nitrogen and oxygen atoms in total. The van der Waals surface area contributed by atoms with Gasteiger partial charge in [-0.25, -0.2) is 0 Å². The highest BCUT2D eigenvalue weighted by Gasteiger charge is 2.12. The van der Waals surface area contributed by atoms with Crippen molar-refractivity contribution in [2.45, 2.75) is 13.8 Å². The monoisotopic (exact) mass is 332 g/mol. The molecule has 0 aliphatic heterocycles.